The van der Waals surface area contributed by atoms with Crippen LogP contribution in [0.3, 0.4) is 0 Å². The Morgan fingerprint density at radius 2 is 2.00 bits per heavy atom. The fourth-order valence-corrected chi connectivity index (χ4v) is 1.45. The maximum absolute atomic E-state index is 11.6. The van der Waals surface area contributed by atoms with Gasteiger partial charge in [0.25, 0.3) is 0 Å². The normalized spacial score (nSPS) is 9.83. The number of benzene rings is 1. The van der Waals surface area contributed by atoms with Crippen molar-refractivity contribution in [1.82, 2.24) is 10.3 Å². The van der Waals surface area contributed by atoms with E-state index in [4.69, 9.17) is 0 Å². The molecule has 0 aliphatic heterocycles. The Morgan fingerprint density at radius 1 is 1.22 bits per heavy atom. The molecule has 2 aromatic rings. The van der Waals surface area contributed by atoms with Gasteiger partial charge >= 0.3 is 6.03 Å². The van der Waals surface area contributed by atoms with Gasteiger partial charge in [0.15, 0.2) is 0 Å². The molecule has 2 rings (SSSR count). The van der Waals surface area contributed by atoms with Gasteiger partial charge in [0.2, 0.25) is 0 Å². The lowest BCUT2D eigenvalue weighted by Crippen LogP contribution is -2.28. The molecule has 4 heteroatoms. The number of nitrogens with zero attached hydrogens (tertiary/aromatic N) is 1. The van der Waals surface area contributed by atoms with Crippen LogP contribution in [0.5, 0.6) is 0 Å². The van der Waals surface area contributed by atoms with Gasteiger partial charge < -0.3 is 10.6 Å². The minimum absolute atomic E-state index is 0.240. The van der Waals surface area contributed by atoms with E-state index in [0.29, 0.717) is 6.54 Å². The molecule has 1 heterocycles. The molecule has 0 atom stereocenters. The van der Waals surface area contributed by atoms with Crippen molar-refractivity contribution in [3.05, 3.63) is 66.8 Å². The molecule has 0 fully saturated rings. The molecule has 1 aromatic carbocycles. The highest BCUT2D eigenvalue weighted by Gasteiger charge is 2.01. The monoisotopic (exact) mass is 240 g/mol. The van der Waals surface area contributed by atoms with E-state index in [1.807, 2.05) is 36.4 Å². The molecule has 18 heavy (non-hydrogen) atoms. The minimum Gasteiger partial charge on any atom is -0.334 e. The Labute approximate surface area is 106 Å². The fourth-order valence-electron chi connectivity index (χ4n) is 1.45. The zero-order valence-corrected chi connectivity index (χ0v) is 9.89. The third-order valence-electron chi connectivity index (χ3n) is 2.39. The summed E-state index contributed by atoms with van der Waals surface area (Å²) >= 11 is 0. The molecule has 1 aromatic heterocycles. The van der Waals surface area contributed by atoms with Gasteiger partial charge in [-0.2, -0.15) is 0 Å². The van der Waals surface area contributed by atoms with Crippen LogP contribution < -0.4 is 10.6 Å². The van der Waals surface area contributed by atoms with E-state index in [-0.39, 0.29) is 6.03 Å². The number of pyridine rings is 1. The Kier molecular flexibility index (Phi) is 3.91. The van der Waals surface area contributed by atoms with Crippen LogP contribution in [-0.4, -0.2) is 11.0 Å². The van der Waals surface area contributed by atoms with Crippen molar-refractivity contribution in [1.29, 1.82) is 0 Å². The van der Waals surface area contributed by atoms with Gasteiger partial charge in [-0.25, -0.2) is 4.79 Å². The van der Waals surface area contributed by atoms with Crippen molar-refractivity contribution in [2.45, 2.75) is 6.54 Å². The summed E-state index contributed by atoms with van der Waals surface area (Å²) in [5, 5.41) is 5.50. The molecule has 0 spiro atoms. The molecule has 0 saturated carbocycles. The molecule has 2 N–H and O–H groups in total. The first-order valence-corrected chi connectivity index (χ1v) is 5.60. The average Bonchev–Trinajstić information content (AvgIpc) is 2.40. The van der Waals surface area contributed by atoms with Crippen LogP contribution in [0.1, 0.15) is 11.1 Å². The second-order valence-corrected chi connectivity index (χ2v) is 3.87. The number of urea groups is 1. The highest BCUT2D eigenvalue weighted by molar-refractivity contribution is 5.89. The lowest BCUT2D eigenvalue weighted by Gasteiger charge is -2.07. The number of nitrogens with one attached hydrogen (secondary N) is 2. The number of rotatable bonds is 3. The van der Waals surface area contributed by atoms with E-state index in [1.54, 1.807) is 12.4 Å². The zero-order valence-electron chi connectivity index (χ0n) is 9.89. The number of hydrogen-bond donors (Lipinski definition) is 2. The van der Waals surface area contributed by atoms with Crippen molar-refractivity contribution < 1.29 is 4.79 Å². The van der Waals surface area contributed by atoms with E-state index in [0.717, 1.165) is 16.8 Å². The first-order valence-electron chi connectivity index (χ1n) is 5.60. The fraction of sp³-hybridized carbons (Fsp3) is 0.0714. The second-order valence-electron chi connectivity index (χ2n) is 3.87. The van der Waals surface area contributed by atoms with Crippen LogP contribution in [-0.2, 0) is 6.54 Å². The standard InChI is InChI=1S/C14H14N3O/c1-11-4-6-13(7-5-11)17-14(18)16-10-12-3-2-8-15-9-12/h2-9H,1,10H2,(H2,16,17,18). The Bertz CT molecular complexity index is 508. The number of hydrogen-bond acceptors (Lipinski definition) is 2. The summed E-state index contributed by atoms with van der Waals surface area (Å²) in [7, 11) is 0. The maximum Gasteiger partial charge on any atom is 0.319 e. The predicted molar refractivity (Wildman–Crippen MR) is 71.0 cm³/mol. The Morgan fingerprint density at radius 3 is 2.67 bits per heavy atom. The molecule has 91 valence electrons. The van der Waals surface area contributed by atoms with Gasteiger partial charge in [-0.05, 0) is 36.2 Å². The van der Waals surface area contributed by atoms with Crippen LogP contribution in [0.4, 0.5) is 10.5 Å². The van der Waals surface area contributed by atoms with Crippen molar-refractivity contribution in [3.63, 3.8) is 0 Å². The SMILES string of the molecule is [CH2]c1ccc(NC(=O)NCc2cccnc2)cc1. The lowest BCUT2D eigenvalue weighted by molar-refractivity contribution is 0.251. The first kappa shape index (κ1) is 12.1. The van der Waals surface area contributed by atoms with E-state index >= 15 is 0 Å². The molecular formula is C14H14N3O. The van der Waals surface area contributed by atoms with Gasteiger partial charge in [-0.15, -0.1) is 0 Å². The van der Waals surface area contributed by atoms with Crippen LogP contribution in [0.15, 0.2) is 48.8 Å². The minimum atomic E-state index is -0.240. The molecule has 0 bridgehead atoms. The van der Waals surface area contributed by atoms with Crippen molar-refractivity contribution >= 4 is 11.7 Å². The average molecular weight is 240 g/mol. The smallest absolute Gasteiger partial charge is 0.319 e. The summed E-state index contributed by atoms with van der Waals surface area (Å²) in [6.07, 6.45) is 3.42. The largest absolute Gasteiger partial charge is 0.334 e. The summed E-state index contributed by atoms with van der Waals surface area (Å²) in [5.41, 5.74) is 2.61. The van der Waals surface area contributed by atoms with Gasteiger partial charge in [-0.3, -0.25) is 4.98 Å². The molecule has 1 radical (unpaired) electrons. The van der Waals surface area contributed by atoms with E-state index in [1.165, 1.54) is 0 Å². The molecule has 0 saturated heterocycles. The van der Waals surface area contributed by atoms with Crippen molar-refractivity contribution in [2.24, 2.45) is 0 Å². The van der Waals surface area contributed by atoms with Gasteiger partial charge in [0.1, 0.15) is 0 Å². The summed E-state index contributed by atoms with van der Waals surface area (Å²) in [6.45, 7) is 4.23. The molecule has 0 aliphatic carbocycles. The Hall–Kier alpha value is -2.36. The van der Waals surface area contributed by atoms with Gasteiger partial charge in [0.05, 0.1) is 0 Å². The number of carbonyl (C=O) groups is 1. The van der Waals surface area contributed by atoms with Gasteiger partial charge in [-0.1, -0.05) is 18.2 Å². The number of aromatic nitrogens is 1. The maximum atomic E-state index is 11.6. The van der Waals surface area contributed by atoms with E-state index in [2.05, 4.69) is 22.5 Å². The molecular weight excluding hydrogens is 226 g/mol. The zero-order chi connectivity index (χ0) is 12.8. The first-order chi connectivity index (χ1) is 8.74. The molecule has 2 amide bonds. The van der Waals surface area contributed by atoms with Crippen LogP contribution >= 0.6 is 0 Å². The number of carbonyl (C=O) groups excluding carboxylic acids is 1. The highest BCUT2D eigenvalue weighted by Crippen LogP contribution is 2.08. The van der Waals surface area contributed by atoms with Crippen LogP contribution in [0.25, 0.3) is 0 Å². The molecule has 0 aliphatic rings. The number of anilines is 1. The molecule has 0 unspecified atom stereocenters. The van der Waals surface area contributed by atoms with Crippen molar-refractivity contribution in [3.8, 4) is 0 Å². The summed E-state index contributed by atoms with van der Waals surface area (Å²) < 4.78 is 0. The lowest BCUT2D eigenvalue weighted by atomic mass is 10.2. The van der Waals surface area contributed by atoms with E-state index in [9.17, 15) is 4.79 Å². The summed E-state index contributed by atoms with van der Waals surface area (Å²) in [4.78, 5) is 15.6. The van der Waals surface area contributed by atoms with Crippen LogP contribution in [0.2, 0.25) is 0 Å². The van der Waals surface area contributed by atoms with E-state index < -0.39 is 0 Å². The second kappa shape index (κ2) is 5.82. The third-order valence-corrected chi connectivity index (χ3v) is 2.39. The Balaban J connectivity index is 1.84. The summed E-state index contributed by atoms with van der Waals surface area (Å²) in [6, 6.07) is 10.8. The predicted octanol–water partition coefficient (Wildman–Crippen LogP) is 2.59. The number of amides is 2. The van der Waals surface area contributed by atoms with Gasteiger partial charge in [0, 0.05) is 24.6 Å². The van der Waals surface area contributed by atoms with Crippen LogP contribution in [0, 0.1) is 6.92 Å². The topological polar surface area (TPSA) is 54.0 Å². The summed E-state index contributed by atoms with van der Waals surface area (Å²) in [5.74, 6) is 0. The van der Waals surface area contributed by atoms with Crippen molar-refractivity contribution in [2.75, 3.05) is 5.32 Å². The quantitative estimate of drug-likeness (QED) is 0.866. The highest BCUT2D eigenvalue weighted by atomic mass is 16.2. The molecule has 4 nitrogen and oxygen atoms in total. The third kappa shape index (κ3) is 3.59.